The van der Waals surface area contributed by atoms with E-state index in [1.807, 2.05) is 0 Å². The van der Waals surface area contributed by atoms with Crippen molar-refractivity contribution in [2.45, 2.75) is 25.8 Å². The highest BCUT2D eigenvalue weighted by atomic mass is 79.9. The summed E-state index contributed by atoms with van der Waals surface area (Å²) in [6.07, 6.45) is 4.07. The minimum Gasteiger partial charge on any atom is -0.365 e. The predicted molar refractivity (Wildman–Crippen MR) is 73.5 cm³/mol. The molecular weight excluding hydrogens is 304 g/mol. The third kappa shape index (κ3) is 3.53. The van der Waals surface area contributed by atoms with Gasteiger partial charge in [0.25, 0.3) is 0 Å². The summed E-state index contributed by atoms with van der Waals surface area (Å²) in [7, 11) is 0. The molecule has 0 aliphatic carbocycles. The first-order chi connectivity index (χ1) is 8.19. The van der Waals surface area contributed by atoms with Gasteiger partial charge in [0.05, 0.1) is 4.47 Å². The lowest BCUT2D eigenvalue weighted by Gasteiger charge is -2.32. The summed E-state index contributed by atoms with van der Waals surface area (Å²) < 4.78 is 0.857. The van der Waals surface area contributed by atoms with Gasteiger partial charge >= 0.3 is 0 Å². The summed E-state index contributed by atoms with van der Waals surface area (Å²) in [4.78, 5) is 10.6. The van der Waals surface area contributed by atoms with Crippen LogP contribution in [0.3, 0.4) is 0 Å². The smallest absolute Gasteiger partial charge is 0.224 e. The van der Waals surface area contributed by atoms with E-state index >= 15 is 0 Å². The Bertz CT molecular complexity index is 388. The number of hydrogen-bond acceptors (Lipinski definition) is 4. The highest BCUT2D eigenvalue weighted by Crippen LogP contribution is 2.23. The maximum absolute atomic E-state index is 5.80. The van der Waals surface area contributed by atoms with Crippen molar-refractivity contribution in [3.05, 3.63) is 16.0 Å². The second-order valence-corrected chi connectivity index (χ2v) is 5.40. The summed E-state index contributed by atoms with van der Waals surface area (Å²) >= 11 is 9.23. The third-order valence-corrected chi connectivity index (χ3v) is 3.77. The van der Waals surface area contributed by atoms with Crippen LogP contribution in [0.1, 0.15) is 19.8 Å². The number of piperidine rings is 1. The van der Waals surface area contributed by atoms with Gasteiger partial charge in [-0.2, -0.15) is 4.98 Å². The lowest BCUT2D eigenvalue weighted by atomic mass is 10.1. The Hall–Kier alpha value is -0.390. The Morgan fingerprint density at radius 1 is 1.65 bits per heavy atom. The van der Waals surface area contributed by atoms with E-state index in [1.165, 1.54) is 19.4 Å². The highest BCUT2D eigenvalue weighted by Gasteiger charge is 2.19. The van der Waals surface area contributed by atoms with E-state index in [4.69, 9.17) is 11.6 Å². The molecule has 1 aliphatic rings. The quantitative estimate of drug-likeness (QED) is 0.870. The largest absolute Gasteiger partial charge is 0.365 e. The van der Waals surface area contributed by atoms with Gasteiger partial charge in [-0.15, -0.1) is 0 Å². The average molecular weight is 320 g/mol. The molecule has 2 heterocycles. The van der Waals surface area contributed by atoms with E-state index in [2.05, 4.69) is 43.0 Å². The lowest BCUT2D eigenvalue weighted by molar-refractivity contribution is 0.226. The topological polar surface area (TPSA) is 41.0 Å². The third-order valence-electron chi connectivity index (χ3n) is 3.01. The normalized spacial score (nSPS) is 21.5. The number of nitrogens with zero attached hydrogens (tertiary/aromatic N) is 3. The summed E-state index contributed by atoms with van der Waals surface area (Å²) in [6, 6.07) is 0.436. The van der Waals surface area contributed by atoms with Crippen LogP contribution < -0.4 is 5.32 Å². The zero-order valence-corrected chi connectivity index (χ0v) is 12.1. The molecule has 94 valence electrons. The van der Waals surface area contributed by atoms with E-state index in [0.717, 1.165) is 23.4 Å². The lowest BCUT2D eigenvalue weighted by Crippen LogP contribution is -2.42. The van der Waals surface area contributed by atoms with Crippen LogP contribution in [0.15, 0.2) is 10.7 Å². The molecule has 2 rings (SSSR count). The second kappa shape index (κ2) is 5.98. The number of likely N-dealkylation sites (tertiary alicyclic amines) is 1. The van der Waals surface area contributed by atoms with E-state index < -0.39 is 0 Å². The number of halogens is 2. The zero-order chi connectivity index (χ0) is 12.3. The molecule has 1 aromatic heterocycles. The number of aromatic nitrogens is 2. The van der Waals surface area contributed by atoms with Gasteiger partial charge < -0.3 is 10.2 Å². The maximum atomic E-state index is 5.80. The fourth-order valence-corrected chi connectivity index (χ4v) is 2.54. The number of anilines is 1. The molecule has 1 fully saturated rings. The van der Waals surface area contributed by atoms with Gasteiger partial charge in [0.15, 0.2) is 0 Å². The summed E-state index contributed by atoms with van der Waals surface area (Å²) in [5.41, 5.74) is 0. The molecule has 1 aliphatic heterocycles. The fourth-order valence-electron chi connectivity index (χ4n) is 2.10. The van der Waals surface area contributed by atoms with Gasteiger partial charge in [-0.25, -0.2) is 4.98 Å². The van der Waals surface area contributed by atoms with Gasteiger partial charge in [0, 0.05) is 18.8 Å². The minimum absolute atomic E-state index is 0.277. The Morgan fingerprint density at radius 2 is 2.47 bits per heavy atom. The summed E-state index contributed by atoms with van der Waals surface area (Å²) in [5.74, 6) is 0.785. The molecule has 1 saturated heterocycles. The van der Waals surface area contributed by atoms with Crippen molar-refractivity contribution in [3.63, 3.8) is 0 Å². The molecule has 1 atom stereocenters. The average Bonchev–Trinajstić information content (AvgIpc) is 2.34. The molecule has 17 heavy (non-hydrogen) atoms. The number of hydrogen-bond donors (Lipinski definition) is 1. The molecule has 6 heteroatoms. The highest BCUT2D eigenvalue weighted by molar-refractivity contribution is 9.10. The molecule has 0 amide bonds. The molecular formula is C11H16BrClN4. The van der Waals surface area contributed by atoms with Crippen LogP contribution in [0, 0.1) is 0 Å². The molecule has 1 unspecified atom stereocenters. The van der Waals surface area contributed by atoms with E-state index in [9.17, 15) is 0 Å². The van der Waals surface area contributed by atoms with Crippen LogP contribution in [-0.4, -0.2) is 40.5 Å². The van der Waals surface area contributed by atoms with Crippen molar-refractivity contribution in [1.82, 2.24) is 14.9 Å². The van der Waals surface area contributed by atoms with Crippen molar-refractivity contribution in [2.24, 2.45) is 0 Å². The molecule has 1 N–H and O–H groups in total. The Morgan fingerprint density at radius 3 is 3.24 bits per heavy atom. The van der Waals surface area contributed by atoms with Gasteiger partial charge in [-0.1, -0.05) is 6.92 Å². The van der Waals surface area contributed by atoms with Gasteiger partial charge in [-0.3, -0.25) is 0 Å². The van der Waals surface area contributed by atoms with Crippen LogP contribution in [0.5, 0.6) is 0 Å². The molecule has 0 aromatic carbocycles. The standard InChI is InChI=1S/C11H16BrClN4/c1-2-17-5-3-4-8(7-17)15-10-9(12)6-14-11(13)16-10/h6,8H,2-5,7H2,1H3,(H,14,15,16). The molecule has 0 bridgehead atoms. The van der Waals surface area contributed by atoms with Crippen LogP contribution in [0.4, 0.5) is 5.82 Å². The van der Waals surface area contributed by atoms with Crippen LogP contribution >= 0.6 is 27.5 Å². The SMILES string of the molecule is CCN1CCCC(Nc2nc(Cl)ncc2Br)C1. The fraction of sp³-hybridized carbons (Fsp3) is 0.636. The van der Waals surface area contributed by atoms with Gasteiger partial charge in [0.2, 0.25) is 5.28 Å². The Balaban J connectivity index is 2.02. The van der Waals surface area contributed by atoms with Gasteiger partial charge in [-0.05, 0) is 53.5 Å². The molecule has 0 saturated carbocycles. The van der Waals surface area contributed by atoms with Crippen molar-refractivity contribution >= 4 is 33.3 Å². The van der Waals surface area contributed by atoms with E-state index in [-0.39, 0.29) is 5.28 Å². The minimum atomic E-state index is 0.277. The first-order valence-electron chi connectivity index (χ1n) is 5.86. The second-order valence-electron chi connectivity index (χ2n) is 4.21. The van der Waals surface area contributed by atoms with Crippen LogP contribution in [0.25, 0.3) is 0 Å². The summed E-state index contributed by atoms with van der Waals surface area (Å²) in [5, 5.41) is 3.71. The number of nitrogens with one attached hydrogen (secondary N) is 1. The molecule has 0 radical (unpaired) electrons. The van der Waals surface area contributed by atoms with Crippen molar-refractivity contribution < 1.29 is 0 Å². The predicted octanol–water partition coefficient (Wildman–Crippen LogP) is 2.79. The molecule has 0 spiro atoms. The zero-order valence-electron chi connectivity index (χ0n) is 9.79. The number of likely N-dealkylation sites (N-methyl/N-ethyl adjacent to an activating group) is 1. The first kappa shape index (κ1) is 13.1. The van der Waals surface area contributed by atoms with E-state index in [0.29, 0.717) is 6.04 Å². The van der Waals surface area contributed by atoms with Crippen molar-refractivity contribution in [1.29, 1.82) is 0 Å². The van der Waals surface area contributed by atoms with Crippen LogP contribution in [-0.2, 0) is 0 Å². The number of rotatable bonds is 3. The Kier molecular flexibility index (Phi) is 4.59. The summed E-state index contributed by atoms with van der Waals surface area (Å²) in [6.45, 7) is 5.55. The van der Waals surface area contributed by atoms with Crippen LogP contribution in [0.2, 0.25) is 5.28 Å². The first-order valence-corrected chi connectivity index (χ1v) is 7.03. The Labute approximate surface area is 115 Å². The monoisotopic (exact) mass is 318 g/mol. The van der Waals surface area contributed by atoms with Crippen molar-refractivity contribution in [3.8, 4) is 0 Å². The molecule has 4 nitrogen and oxygen atoms in total. The van der Waals surface area contributed by atoms with E-state index in [1.54, 1.807) is 6.20 Å². The van der Waals surface area contributed by atoms with Gasteiger partial charge in [0.1, 0.15) is 5.82 Å². The molecule has 1 aromatic rings. The maximum Gasteiger partial charge on any atom is 0.224 e. The van der Waals surface area contributed by atoms with Crippen molar-refractivity contribution in [2.75, 3.05) is 25.0 Å².